The molecule has 0 radical (unpaired) electrons. The fraction of sp³-hybridized carbons (Fsp3) is 0.429. The molecule has 0 N–H and O–H groups in total. The summed E-state index contributed by atoms with van der Waals surface area (Å²) in [6.45, 7) is 1.50. The molecule has 2 aliphatic rings. The molecule has 2 aliphatic heterocycles. The average molecular weight is 464 g/mol. The molecule has 3 heterocycles. The second-order valence-corrected chi connectivity index (χ2v) is 9.10. The van der Waals surface area contributed by atoms with E-state index in [9.17, 15) is 14.4 Å². The Bertz CT molecular complexity index is 1040. The van der Waals surface area contributed by atoms with Crippen molar-refractivity contribution in [1.29, 1.82) is 0 Å². The smallest absolute Gasteiger partial charge is 0.409 e. The van der Waals surface area contributed by atoms with Crippen molar-refractivity contribution in [2.24, 2.45) is 0 Å². The molecule has 1 unspecified atom stereocenters. The molecule has 1 atom stereocenters. The summed E-state index contributed by atoms with van der Waals surface area (Å²) >= 11 is 7.62. The number of ether oxygens (including phenoxy) is 2. The van der Waals surface area contributed by atoms with Crippen LogP contribution in [-0.2, 0) is 37.3 Å². The standard InChI is InChI=1S/C21H22ClN3O5S/c1-29-19(27)8-14-10-31-17(23-14)9-18(26)25-12-21(5-6-24(11-21)20(28)30-2)15-7-13(22)3-4-16(15)25/h3-4,7,10H,5-6,8-9,11-12H2,1-2H3. The van der Waals surface area contributed by atoms with Crippen molar-refractivity contribution in [3.05, 3.63) is 44.9 Å². The third-order valence-electron chi connectivity index (χ3n) is 5.82. The first-order valence-corrected chi connectivity index (χ1v) is 11.0. The molecule has 0 bridgehead atoms. The lowest BCUT2D eigenvalue weighted by molar-refractivity contribution is -0.139. The summed E-state index contributed by atoms with van der Waals surface area (Å²) in [6, 6.07) is 5.52. The summed E-state index contributed by atoms with van der Waals surface area (Å²) in [5.41, 5.74) is 2.01. The molecule has 4 rings (SSSR count). The highest BCUT2D eigenvalue weighted by Crippen LogP contribution is 2.47. The van der Waals surface area contributed by atoms with Crippen LogP contribution in [0.1, 0.15) is 22.7 Å². The second-order valence-electron chi connectivity index (χ2n) is 7.73. The van der Waals surface area contributed by atoms with Crippen molar-refractivity contribution in [3.63, 3.8) is 0 Å². The number of fused-ring (bicyclic) bond motifs is 2. The van der Waals surface area contributed by atoms with Gasteiger partial charge in [-0.25, -0.2) is 9.78 Å². The highest BCUT2D eigenvalue weighted by molar-refractivity contribution is 7.09. The number of carbonyl (C=O) groups excluding carboxylic acids is 3. The van der Waals surface area contributed by atoms with Crippen molar-refractivity contribution in [3.8, 4) is 0 Å². The Labute approximate surface area is 188 Å². The minimum atomic E-state index is -0.372. The van der Waals surface area contributed by atoms with Crippen LogP contribution in [0.15, 0.2) is 23.6 Å². The Morgan fingerprint density at radius 1 is 1.19 bits per heavy atom. The number of methoxy groups -OCH3 is 2. The molecule has 0 saturated carbocycles. The van der Waals surface area contributed by atoms with Crippen molar-refractivity contribution < 1.29 is 23.9 Å². The first-order valence-electron chi connectivity index (χ1n) is 9.78. The summed E-state index contributed by atoms with van der Waals surface area (Å²) < 4.78 is 9.54. The van der Waals surface area contributed by atoms with Gasteiger partial charge < -0.3 is 19.3 Å². The maximum atomic E-state index is 13.2. The number of esters is 1. The number of anilines is 1. The van der Waals surface area contributed by atoms with Gasteiger partial charge in [-0.05, 0) is 30.2 Å². The molecule has 0 aliphatic carbocycles. The Kier molecular flexibility index (Phi) is 5.90. The van der Waals surface area contributed by atoms with Crippen LogP contribution >= 0.6 is 22.9 Å². The zero-order chi connectivity index (χ0) is 22.2. The van der Waals surface area contributed by atoms with Gasteiger partial charge in [-0.15, -0.1) is 11.3 Å². The van der Waals surface area contributed by atoms with Gasteiger partial charge >= 0.3 is 12.1 Å². The van der Waals surface area contributed by atoms with Gasteiger partial charge in [0.15, 0.2) is 0 Å². The van der Waals surface area contributed by atoms with E-state index in [2.05, 4.69) is 9.72 Å². The van der Waals surface area contributed by atoms with Crippen molar-refractivity contribution in [2.75, 3.05) is 38.8 Å². The van der Waals surface area contributed by atoms with Crippen LogP contribution in [0.5, 0.6) is 0 Å². The molecule has 31 heavy (non-hydrogen) atoms. The number of nitrogens with zero attached hydrogens (tertiary/aromatic N) is 3. The van der Waals surface area contributed by atoms with E-state index in [-0.39, 0.29) is 36.2 Å². The Balaban J connectivity index is 1.55. The molecule has 1 aromatic carbocycles. The highest BCUT2D eigenvalue weighted by atomic mass is 35.5. The Hall–Kier alpha value is -2.65. The summed E-state index contributed by atoms with van der Waals surface area (Å²) in [6.07, 6.45) is 0.564. The van der Waals surface area contributed by atoms with Gasteiger partial charge in [-0.3, -0.25) is 9.59 Å². The number of carbonyl (C=O) groups is 3. The van der Waals surface area contributed by atoms with Gasteiger partial charge in [0, 0.05) is 41.1 Å². The van der Waals surface area contributed by atoms with Gasteiger partial charge in [0.1, 0.15) is 5.01 Å². The van der Waals surface area contributed by atoms with Crippen molar-refractivity contribution in [1.82, 2.24) is 9.88 Å². The lowest BCUT2D eigenvalue weighted by Crippen LogP contribution is -2.40. The van der Waals surface area contributed by atoms with Gasteiger partial charge in [-0.1, -0.05) is 11.6 Å². The molecular weight excluding hydrogens is 442 g/mol. The zero-order valence-corrected chi connectivity index (χ0v) is 18.8. The molecule has 2 aromatic rings. The summed E-state index contributed by atoms with van der Waals surface area (Å²) in [7, 11) is 2.70. The first kappa shape index (κ1) is 21.6. The number of thiazole rings is 1. The zero-order valence-electron chi connectivity index (χ0n) is 17.2. The Morgan fingerprint density at radius 3 is 2.74 bits per heavy atom. The quantitative estimate of drug-likeness (QED) is 0.648. The fourth-order valence-electron chi connectivity index (χ4n) is 4.33. The molecule has 164 valence electrons. The van der Waals surface area contributed by atoms with Crippen LogP contribution in [-0.4, -0.2) is 61.7 Å². The van der Waals surface area contributed by atoms with Gasteiger partial charge in [0.05, 0.1) is 32.8 Å². The van der Waals surface area contributed by atoms with E-state index in [1.165, 1.54) is 25.6 Å². The minimum absolute atomic E-state index is 0.0821. The number of benzene rings is 1. The number of hydrogen-bond donors (Lipinski definition) is 0. The van der Waals surface area contributed by atoms with E-state index in [1.54, 1.807) is 21.2 Å². The lowest BCUT2D eigenvalue weighted by atomic mass is 9.81. The first-order chi connectivity index (χ1) is 14.8. The average Bonchev–Trinajstić information content (AvgIpc) is 3.46. The molecule has 1 saturated heterocycles. The van der Waals surface area contributed by atoms with Gasteiger partial charge in [0.2, 0.25) is 5.91 Å². The van der Waals surface area contributed by atoms with Crippen LogP contribution in [0, 0.1) is 0 Å². The normalized spacial score (nSPS) is 19.6. The maximum absolute atomic E-state index is 13.2. The number of halogens is 1. The van der Waals surface area contributed by atoms with Crippen molar-refractivity contribution in [2.45, 2.75) is 24.7 Å². The van der Waals surface area contributed by atoms with Gasteiger partial charge in [0.25, 0.3) is 0 Å². The number of hydrogen-bond acceptors (Lipinski definition) is 7. The number of amides is 2. The summed E-state index contributed by atoms with van der Waals surface area (Å²) in [4.78, 5) is 44.5. The highest BCUT2D eigenvalue weighted by Gasteiger charge is 2.50. The third-order valence-corrected chi connectivity index (χ3v) is 6.96. The van der Waals surface area contributed by atoms with Crippen molar-refractivity contribution >= 4 is 46.6 Å². The van der Waals surface area contributed by atoms with E-state index < -0.39 is 0 Å². The van der Waals surface area contributed by atoms with E-state index in [4.69, 9.17) is 16.3 Å². The molecule has 2 amide bonds. The van der Waals surface area contributed by atoms with E-state index in [0.717, 1.165) is 17.7 Å². The number of likely N-dealkylation sites (tertiary alicyclic amines) is 1. The van der Waals surface area contributed by atoms with Crippen LogP contribution < -0.4 is 4.90 Å². The number of aromatic nitrogens is 1. The van der Waals surface area contributed by atoms with Gasteiger partial charge in [-0.2, -0.15) is 0 Å². The molecular formula is C21H22ClN3O5S. The van der Waals surface area contributed by atoms with E-state index in [0.29, 0.717) is 35.4 Å². The predicted molar refractivity (Wildman–Crippen MR) is 116 cm³/mol. The topological polar surface area (TPSA) is 89.0 Å². The summed E-state index contributed by atoms with van der Waals surface area (Å²) in [5.74, 6) is -0.456. The predicted octanol–water partition coefficient (Wildman–Crippen LogP) is 2.81. The largest absolute Gasteiger partial charge is 0.469 e. The monoisotopic (exact) mass is 463 g/mol. The van der Waals surface area contributed by atoms with E-state index >= 15 is 0 Å². The summed E-state index contributed by atoms with van der Waals surface area (Å²) in [5, 5.41) is 3.00. The molecule has 1 fully saturated rings. The Morgan fingerprint density at radius 2 is 2.00 bits per heavy atom. The second kappa shape index (κ2) is 8.47. The van der Waals surface area contributed by atoms with Crippen LogP contribution in [0.4, 0.5) is 10.5 Å². The fourth-order valence-corrected chi connectivity index (χ4v) is 5.28. The van der Waals surface area contributed by atoms with E-state index in [1.807, 2.05) is 12.1 Å². The van der Waals surface area contributed by atoms with Crippen LogP contribution in [0.25, 0.3) is 0 Å². The molecule has 1 spiro atoms. The lowest BCUT2D eigenvalue weighted by Gasteiger charge is -2.25. The van der Waals surface area contributed by atoms with Crippen LogP contribution in [0.2, 0.25) is 5.02 Å². The van der Waals surface area contributed by atoms with Crippen LogP contribution in [0.3, 0.4) is 0 Å². The molecule has 8 nitrogen and oxygen atoms in total. The number of rotatable bonds is 4. The molecule has 1 aromatic heterocycles. The maximum Gasteiger partial charge on any atom is 0.409 e. The SMILES string of the molecule is COC(=O)Cc1csc(CC(=O)N2CC3(CCN(C(=O)OC)C3)c3cc(Cl)ccc32)n1. The molecule has 10 heteroatoms. The third kappa shape index (κ3) is 4.12. The minimum Gasteiger partial charge on any atom is -0.469 e.